The molecule has 1 heterocycles. The fraction of sp³-hybridized carbons (Fsp3) is 0.350. The largest absolute Gasteiger partial charge is 0.497 e. The van der Waals surface area contributed by atoms with Crippen LogP contribution in [0.25, 0.3) is 0 Å². The van der Waals surface area contributed by atoms with Crippen molar-refractivity contribution in [2.24, 2.45) is 5.92 Å². The van der Waals surface area contributed by atoms with Crippen LogP contribution in [0.3, 0.4) is 0 Å². The number of fused-ring (bicyclic) bond motifs is 1. The molecule has 3 rings (SSSR count). The zero-order chi connectivity index (χ0) is 18.5. The average molecular weight is 367 g/mol. The summed E-state index contributed by atoms with van der Waals surface area (Å²) in [6.07, 6.45) is 3.03. The molecule has 1 aliphatic rings. The Kier molecular flexibility index (Phi) is 5.79. The lowest BCUT2D eigenvalue weighted by Crippen LogP contribution is -2.16. The van der Waals surface area contributed by atoms with Crippen LogP contribution in [0.4, 0.5) is 5.69 Å². The predicted octanol–water partition coefficient (Wildman–Crippen LogP) is 3.82. The molecule has 0 fully saturated rings. The van der Waals surface area contributed by atoms with Crippen LogP contribution in [-0.2, 0) is 17.6 Å². The van der Waals surface area contributed by atoms with Gasteiger partial charge in [-0.3, -0.25) is 4.79 Å². The molecule has 26 heavy (non-hydrogen) atoms. The number of carbonyl (C=O) groups excluding carboxylic acids is 1. The summed E-state index contributed by atoms with van der Waals surface area (Å²) >= 11 is 1.31. The molecule has 0 saturated heterocycles. The highest BCUT2D eigenvalue weighted by Crippen LogP contribution is 2.29. The van der Waals surface area contributed by atoms with Crippen molar-refractivity contribution in [3.8, 4) is 11.8 Å². The SMILES string of the molecule is COc1ccc(NC(=O)CSc2nc3c(cc2C#N)CC(C)CC3)cc1. The lowest BCUT2D eigenvalue weighted by Gasteiger charge is -2.21. The van der Waals surface area contributed by atoms with E-state index >= 15 is 0 Å². The molecule has 1 unspecified atom stereocenters. The number of benzene rings is 1. The first-order chi connectivity index (χ1) is 12.6. The van der Waals surface area contributed by atoms with Crippen molar-refractivity contribution in [1.82, 2.24) is 4.98 Å². The third kappa shape index (κ3) is 4.36. The maximum Gasteiger partial charge on any atom is 0.234 e. The van der Waals surface area contributed by atoms with E-state index in [1.807, 2.05) is 6.07 Å². The van der Waals surface area contributed by atoms with Crippen LogP contribution in [-0.4, -0.2) is 23.8 Å². The molecule has 1 aromatic carbocycles. The van der Waals surface area contributed by atoms with Gasteiger partial charge in [0.05, 0.1) is 18.4 Å². The highest BCUT2D eigenvalue weighted by Gasteiger charge is 2.19. The molecular formula is C20H21N3O2S. The smallest absolute Gasteiger partial charge is 0.234 e. The van der Waals surface area contributed by atoms with Crippen LogP contribution in [0.2, 0.25) is 0 Å². The third-order valence-corrected chi connectivity index (χ3v) is 5.42. The Morgan fingerprint density at radius 3 is 2.88 bits per heavy atom. The molecule has 2 aromatic rings. The van der Waals surface area contributed by atoms with Gasteiger partial charge in [-0.15, -0.1) is 0 Å². The Labute approximate surface area is 157 Å². The predicted molar refractivity (Wildman–Crippen MR) is 102 cm³/mol. The first-order valence-corrected chi connectivity index (χ1v) is 9.57. The van der Waals surface area contributed by atoms with Gasteiger partial charge in [0.2, 0.25) is 5.91 Å². The van der Waals surface area contributed by atoms with Crippen LogP contribution in [0.5, 0.6) is 5.75 Å². The molecule has 1 aliphatic carbocycles. The standard InChI is InChI=1S/C20H21N3O2S/c1-13-3-8-18-14(9-13)10-15(11-21)20(23-18)26-12-19(24)22-16-4-6-17(25-2)7-5-16/h4-7,10,13H,3,8-9,12H2,1-2H3,(H,22,24). The fourth-order valence-electron chi connectivity index (χ4n) is 3.02. The van der Waals surface area contributed by atoms with Gasteiger partial charge in [-0.05, 0) is 61.1 Å². The van der Waals surface area contributed by atoms with Gasteiger partial charge in [-0.1, -0.05) is 18.7 Å². The second kappa shape index (κ2) is 8.24. The molecular weight excluding hydrogens is 346 g/mol. The minimum Gasteiger partial charge on any atom is -0.497 e. The van der Waals surface area contributed by atoms with Crippen LogP contribution < -0.4 is 10.1 Å². The number of hydrogen-bond acceptors (Lipinski definition) is 5. The van der Waals surface area contributed by atoms with Crippen molar-refractivity contribution in [2.75, 3.05) is 18.2 Å². The molecule has 1 atom stereocenters. The molecule has 6 heteroatoms. The van der Waals surface area contributed by atoms with E-state index in [-0.39, 0.29) is 11.7 Å². The van der Waals surface area contributed by atoms with E-state index in [4.69, 9.17) is 4.74 Å². The van der Waals surface area contributed by atoms with Crippen molar-refractivity contribution in [2.45, 2.75) is 31.2 Å². The molecule has 1 aromatic heterocycles. The van der Waals surface area contributed by atoms with Crippen molar-refractivity contribution in [1.29, 1.82) is 5.26 Å². The summed E-state index contributed by atoms with van der Waals surface area (Å²) in [6.45, 7) is 2.22. The fourth-order valence-corrected chi connectivity index (χ4v) is 3.80. The first-order valence-electron chi connectivity index (χ1n) is 8.58. The van der Waals surface area contributed by atoms with E-state index in [2.05, 4.69) is 23.3 Å². The maximum absolute atomic E-state index is 12.2. The summed E-state index contributed by atoms with van der Waals surface area (Å²) in [6, 6.07) is 11.3. The van der Waals surface area contributed by atoms with Gasteiger partial charge in [0, 0.05) is 11.4 Å². The molecule has 1 N–H and O–H groups in total. The van der Waals surface area contributed by atoms with E-state index in [1.165, 1.54) is 17.3 Å². The number of aryl methyl sites for hydroxylation is 1. The number of methoxy groups -OCH3 is 1. The van der Waals surface area contributed by atoms with Crippen LogP contribution >= 0.6 is 11.8 Å². The van der Waals surface area contributed by atoms with Gasteiger partial charge in [-0.25, -0.2) is 4.98 Å². The maximum atomic E-state index is 12.2. The number of anilines is 1. The Morgan fingerprint density at radius 1 is 1.42 bits per heavy atom. The van der Waals surface area contributed by atoms with E-state index in [9.17, 15) is 10.1 Å². The van der Waals surface area contributed by atoms with Crippen molar-refractivity contribution in [3.63, 3.8) is 0 Å². The van der Waals surface area contributed by atoms with Gasteiger partial charge >= 0.3 is 0 Å². The molecule has 0 saturated carbocycles. The van der Waals surface area contributed by atoms with Gasteiger partial charge in [-0.2, -0.15) is 5.26 Å². The number of hydrogen-bond donors (Lipinski definition) is 1. The zero-order valence-electron chi connectivity index (χ0n) is 14.9. The summed E-state index contributed by atoms with van der Waals surface area (Å²) < 4.78 is 5.10. The van der Waals surface area contributed by atoms with E-state index in [0.29, 0.717) is 22.2 Å². The minimum atomic E-state index is -0.128. The normalized spacial score (nSPS) is 15.7. The number of ether oxygens (including phenoxy) is 1. The minimum absolute atomic E-state index is 0.128. The van der Waals surface area contributed by atoms with Gasteiger partial charge in [0.25, 0.3) is 0 Å². The van der Waals surface area contributed by atoms with Gasteiger partial charge in [0.15, 0.2) is 0 Å². The Bertz CT molecular complexity index is 843. The van der Waals surface area contributed by atoms with Crippen molar-refractivity contribution in [3.05, 3.63) is 47.2 Å². The summed E-state index contributed by atoms with van der Waals surface area (Å²) in [5, 5.41) is 12.9. The summed E-state index contributed by atoms with van der Waals surface area (Å²) in [7, 11) is 1.60. The highest BCUT2D eigenvalue weighted by atomic mass is 32.2. The summed E-state index contributed by atoms with van der Waals surface area (Å²) in [5.74, 6) is 1.45. The molecule has 5 nitrogen and oxygen atoms in total. The quantitative estimate of drug-likeness (QED) is 0.813. The molecule has 0 spiro atoms. The zero-order valence-corrected chi connectivity index (χ0v) is 15.7. The highest BCUT2D eigenvalue weighted by molar-refractivity contribution is 8.00. The average Bonchev–Trinajstić information content (AvgIpc) is 2.66. The summed E-state index contributed by atoms with van der Waals surface area (Å²) in [4.78, 5) is 16.9. The third-order valence-electron chi connectivity index (χ3n) is 4.43. The van der Waals surface area contributed by atoms with E-state index in [0.717, 1.165) is 30.7 Å². The first kappa shape index (κ1) is 18.3. The lowest BCUT2D eigenvalue weighted by molar-refractivity contribution is -0.113. The Balaban J connectivity index is 1.65. The number of nitrogens with zero attached hydrogens (tertiary/aromatic N) is 2. The molecule has 0 radical (unpaired) electrons. The second-order valence-corrected chi connectivity index (χ2v) is 7.44. The topological polar surface area (TPSA) is 75.0 Å². The molecule has 0 aliphatic heterocycles. The number of carbonyl (C=O) groups is 1. The van der Waals surface area contributed by atoms with Crippen LogP contribution in [0.1, 0.15) is 30.2 Å². The summed E-state index contributed by atoms with van der Waals surface area (Å²) in [5.41, 5.74) is 3.51. The monoisotopic (exact) mass is 367 g/mol. The van der Waals surface area contributed by atoms with E-state index < -0.39 is 0 Å². The second-order valence-electron chi connectivity index (χ2n) is 6.47. The van der Waals surface area contributed by atoms with Gasteiger partial charge in [0.1, 0.15) is 16.8 Å². The van der Waals surface area contributed by atoms with Crippen molar-refractivity contribution >= 4 is 23.4 Å². The Hall–Kier alpha value is -2.52. The molecule has 134 valence electrons. The van der Waals surface area contributed by atoms with Gasteiger partial charge < -0.3 is 10.1 Å². The number of aromatic nitrogens is 1. The number of rotatable bonds is 5. The van der Waals surface area contributed by atoms with Crippen LogP contribution in [0.15, 0.2) is 35.4 Å². The number of pyridine rings is 1. The van der Waals surface area contributed by atoms with Crippen molar-refractivity contribution < 1.29 is 9.53 Å². The van der Waals surface area contributed by atoms with Crippen LogP contribution in [0, 0.1) is 17.2 Å². The number of nitrogens with one attached hydrogen (secondary N) is 1. The van der Waals surface area contributed by atoms with E-state index in [1.54, 1.807) is 31.4 Å². The number of thioether (sulfide) groups is 1. The molecule has 1 amide bonds. The lowest BCUT2D eigenvalue weighted by atomic mass is 9.87. The number of amides is 1. The molecule has 0 bridgehead atoms. The number of nitriles is 1. The Morgan fingerprint density at radius 2 is 2.19 bits per heavy atom.